The Labute approximate surface area is 87.7 Å². The zero-order valence-corrected chi connectivity index (χ0v) is 8.27. The van der Waals surface area contributed by atoms with Gasteiger partial charge in [0.2, 0.25) is 0 Å². The van der Waals surface area contributed by atoms with Crippen molar-refractivity contribution in [2.24, 2.45) is 0 Å². The largest absolute Gasteiger partial charge is 0.390 e. The van der Waals surface area contributed by atoms with Gasteiger partial charge in [-0.2, -0.15) is 0 Å². The van der Waals surface area contributed by atoms with Crippen LogP contribution in [0, 0.1) is 0 Å². The molecular weight excluding hydrogens is 192 g/mol. The predicted octanol–water partition coefficient (Wildman–Crippen LogP) is 1.84. The second kappa shape index (κ2) is 5.58. The average molecular weight is 202 g/mol. The molecule has 0 N–H and O–H groups in total. The van der Waals surface area contributed by atoms with Crippen LogP contribution >= 0.6 is 0 Å². The van der Waals surface area contributed by atoms with Crippen LogP contribution in [0.25, 0.3) is 0 Å². The molecule has 76 valence electrons. The summed E-state index contributed by atoms with van der Waals surface area (Å²) in [7, 11) is 0. The van der Waals surface area contributed by atoms with Gasteiger partial charge in [0, 0.05) is 13.0 Å². The Hall–Kier alpha value is -2.12. The summed E-state index contributed by atoms with van der Waals surface area (Å²) in [6, 6.07) is 0. The average Bonchev–Trinajstić information content (AvgIpc) is 2.41. The van der Waals surface area contributed by atoms with E-state index in [4.69, 9.17) is 0 Å². The van der Waals surface area contributed by atoms with Crippen molar-refractivity contribution < 1.29 is 14.3 Å². The molecule has 0 spiro atoms. The highest BCUT2D eigenvalue weighted by atomic mass is 16.6. The second-order valence-electron chi connectivity index (χ2n) is 2.77. The lowest BCUT2D eigenvalue weighted by atomic mass is 10.2. The Morgan fingerprint density at radius 2 is 2.20 bits per heavy atom. The van der Waals surface area contributed by atoms with E-state index in [0.717, 1.165) is 5.57 Å². The summed E-state index contributed by atoms with van der Waals surface area (Å²) >= 11 is 0. The molecule has 0 radical (unpaired) electrons. The molecule has 1 aliphatic rings. The van der Waals surface area contributed by atoms with Crippen molar-refractivity contribution >= 4 is 11.9 Å². The van der Waals surface area contributed by atoms with Gasteiger partial charge in [-0.3, -0.25) is 4.79 Å². The van der Waals surface area contributed by atoms with E-state index >= 15 is 0 Å². The van der Waals surface area contributed by atoms with Crippen LogP contribution in [-0.4, -0.2) is 11.9 Å². The molecule has 0 atom stereocenters. The SMILES string of the molecule is CC(=O)OC(=O)/C=C/C1=CC=C=CC=C1. The Balaban J connectivity index is 2.58. The Bertz CT molecular complexity index is 416. The van der Waals surface area contributed by atoms with Crippen LogP contribution in [0.1, 0.15) is 6.92 Å². The Morgan fingerprint density at radius 3 is 2.93 bits per heavy atom. The number of rotatable bonds is 2. The Morgan fingerprint density at radius 1 is 1.40 bits per heavy atom. The zero-order chi connectivity index (χ0) is 11.1. The molecule has 0 fully saturated rings. The third-order valence-electron chi connectivity index (χ3n) is 1.51. The van der Waals surface area contributed by atoms with Crippen LogP contribution in [0.4, 0.5) is 0 Å². The maximum atomic E-state index is 11.0. The van der Waals surface area contributed by atoms with Gasteiger partial charge in [0.05, 0.1) is 0 Å². The van der Waals surface area contributed by atoms with Crippen molar-refractivity contribution in [3.63, 3.8) is 0 Å². The van der Waals surface area contributed by atoms with Crippen molar-refractivity contribution in [2.45, 2.75) is 6.92 Å². The molecule has 0 heterocycles. The first kappa shape index (κ1) is 11.0. The number of ether oxygens (including phenoxy) is 1. The Kier molecular flexibility index (Phi) is 4.07. The van der Waals surface area contributed by atoms with Crippen molar-refractivity contribution in [1.29, 1.82) is 0 Å². The smallest absolute Gasteiger partial charge is 0.338 e. The summed E-state index contributed by atoms with van der Waals surface area (Å²) in [5, 5.41) is 0. The van der Waals surface area contributed by atoms with Crippen molar-refractivity contribution in [3.05, 3.63) is 53.8 Å². The molecule has 0 aromatic carbocycles. The molecule has 0 bridgehead atoms. The van der Waals surface area contributed by atoms with Crippen LogP contribution in [0.3, 0.4) is 0 Å². The number of carbonyl (C=O) groups excluding carboxylic acids is 2. The van der Waals surface area contributed by atoms with Gasteiger partial charge in [0.15, 0.2) is 0 Å². The number of hydrogen-bond donors (Lipinski definition) is 0. The van der Waals surface area contributed by atoms with E-state index in [1.54, 1.807) is 30.4 Å². The third kappa shape index (κ3) is 4.60. The minimum Gasteiger partial charge on any atom is -0.390 e. The number of hydrogen-bond acceptors (Lipinski definition) is 3. The third-order valence-corrected chi connectivity index (χ3v) is 1.51. The summed E-state index contributed by atoms with van der Waals surface area (Å²) in [4.78, 5) is 21.4. The lowest BCUT2D eigenvalue weighted by Crippen LogP contribution is -2.05. The van der Waals surface area contributed by atoms with Gasteiger partial charge >= 0.3 is 11.9 Å². The first-order valence-corrected chi connectivity index (χ1v) is 4.38. The van der Waals surface area contributed by atoms with E-state index in [1.165, 1.54) is 13.0 Å². The molecule has 0 unspecified atom stereocenters. The standard InChI is InChI=1S/C12H10O3/c1-10(13)15-12(14)9-8-11-6-4-2-3-5-7-11/h2,4-9H,1H3/b9-8+. The summed E-state index contributed by atoms with van der Waals surface area (Å²) in [6.45, 7) is 1.18. The molecular formula is C12H10O3. The van der Waals surface area contributed by atoms with Crippen LogP contribution in [0.2, 0.25) is 0 Å². The highest BCUT2D eigenvalue weighted by molar-refractivity contribution is 5.91. The fraction of sp³-hybridized carbons (Fsp3) is 0.0833. The molecule has 3 heteroatoms. The molecule has 15 heavy (non-hydrogen) atoms. The zero-order valence-electron chi connectivity index (χ0n) is 8.27. The highest BCUT2D eigenvalue weighted by Crippen LogP contribution is 2.02. The number of allylic oxidation sites excluding steroid dienone is 6. The molecule has 0 amide bonds. The minimum atomic E-state index is -0.669. The molecule has 0 saturated heterocycles. The molecule has 0 aromatic heterocycles. The van der Waals surface area contributed by atoms with E-state index in [9.17, 15) is 9.59 Å². The molecule has 0 aromatic rings. The van der Waals surface area contributed by atoms with Gasteiger partial charge in [-0.25, -0.2) is 4.79 Å². The topological polar surface area (TPSA) is 43.4 Å². The van der Waals surface area contributed by atoms with Crippen LogP contribution < -0.4 is 0 Å². The van der Waals surface area contributed by atoms with Crippen LogP contribution in [0.15, 0.2) is 53.8 Å². The summed E-state index contributed by atoms with van der Waals surface area (Å²) in [6.07, 6.45) is 11.7. The monoisotopic (exact) mass is 202 g/mol. The molecule has 0 saturated carbocycles. The molecule has 0 aliphatic heterocycles. The minimum absolute atomic E-state index is 0.614. The van der Waals surface area contributed by atoms with E-state index in [0.29, 0.717) is 0 Å². The van der Waals surface area contributed by atoms with Gasteiger partial charge in [-0.15, -0.1) is 5.73 Å². The van der Waals surface area contributed by atoms with E-state index in [2.05, 4.69) is 10.5 Å². The van der Waals surface area contributed by atoms with Crippen molar-refractivity contribution in [2.75, 3.05) is 0 Å². The lowest BCUT2D eigenvalue weighted by Gasteiger charge is -1.93. The van der Waals surface area contributed by atoms with E-state index < -0.39 is 11.9 Å². The lowest BCUT2D eigenvalue weighted by molar-refractivity contribution is -0.154. The van der Waals surface area contributed by atoms with Gasteiger partial charge in [0.1, 0.15) is 0 Å². The van der Waals surface area contributed by atoms with Gasteiger partial charge in [0.25, 0.3) is 0 Å². The number of esters is 2. The highest BCUT2D eigenvalue weighted by Gasteiger charge is 1.99. The van der Waals surface area contributed by atoms with Crippen molar-refractivity contribution in [3.8, 4) is 0 Å². The van der Waals surface area contributed by atoms with Crippen LogP contribution in [-0.2, 0) is 14.3 Å². The maximum absolute atomic E-state index is 11.0. The van der Waals surface area contributed by atoms with Crippen molar-refractivity contribution in [1.82, 2.24) is 0 Å². The molecule has 3 nitrogen and oxygen atoms in total. The van der Waals surface area contributed by atoms with Gasteiger partial charge < -0.3 is 4.74 Å². The summed E-state index contributed by atoms with van der Waals surface area (Å²) in [5.41, 5.74) is 3.71. The van der Waals surface area contributed by atoms with E-state index in [1.807, 2.05) is 6.08 Å². The fourth-order valence-electron chi connectivity index (χ4n) is 0.921. The summed E-state index contributed by atoms with van der Waals surface area (Å²) in [5.74, 6) is -1.28. The normalized spacial score (nSPS) is 13.8. The summed E-state index contributed by atoms with van der Waals surface area (Å²) < 4.78 is 4.32. The molecule has 1 aliphatic carbocycles. The predicted molar refractivity (Wildman–Crippen MR) is 55.8 cm³/mol. The first-order valence-electron chi connectivity index (χ1n) is 4.38. The first-order chi connectivity index (χ1) is 7.18. The maximum Gasteiger partial charge on any atom is 0.338 e. The van der Waals surface area contributed by atoms with E-state index in [-0.39, 0.29) is 0 Å². The quantitative estimate of drug-likeness (QED) is 0.297. The molecule has 1 rings (SSSR count). The van der Waals surface area contributed by atoms with Crippen LogP contribution in [0.5, 0.6) is 0 Å². The van der Waals surface area contributed by atoms with Gasteiger partial charge in [-0.1, -0.05) is 12.2 Å². The fourth-order valence-corrected chi connectivity index (χ4v) is 0.921. The van der Waals surface area contributed by atoms with Gasteiger partial charge in [-0.05, 0) is 29.9 Å². The second-order valence-corrected chi connectivity index (χ2v) is 2.77. The number of carbonyl (C=O) groups is 2.